The van der Waals surface area contributed by atoms with Gasteiger partial charge in [-0.3, -0.25) is 0 Å². The number of aliphatic carboxylic acids is 1. The van der Waals surface area contributed by atoms with Gasteiger partial charge in [-0.25, -0.2) is 9.18 Å². The fourth-order valence-corrected chi connectivity index (χ4v) is 1.64. The minimum atomic E-state index is -1.10. The number of carboxylic acid groups (broad SMARTS) is 1. The van der Waals surface area contributed by atoms with Gasteiger partial charge in [-0.05, 0) is 18.2 Å². The zero-order valence-electron chi connectivity index (χ0n) is 9.47. The number of hydrogen-bond acceptors (Lipinski definition) is 5. The van der Waals surface area contributed by atoms with E-state index < -0.39 is 18.4 Å². The summed E-state index contributed by atoms with van der Waals surface area (Å²) in [5, 5.41) is 15.7. The van der Waals surface area contributed by atoms with Crippen molar-refractivity contribution in [3.8, 4) is 11.5 Å². The van der Waals surface area contributed by atoms with Crippen molar-refractivity contribution >= 4 is 21.9 Å². The van der Waals surface area contributed by atoms with Crippen LogP contribution in [0.4, 0.5) is 4.39 Å². The van der Waals surface area contributed by atoms with E-state index in [1.54, 1.807) is 6.07 Å². The highest BCUT2D eigenvalue weighted by Gasteiger charge is 2.13. The van der Waals surface area contributed by atoms with Gasteiger partial charge in [0.25, 0.3) is 5.89 Å². The number of halogens is 2. The van der Waals surface area contributed by atoms with Gasteiger partial charge in [0.2, 0.25) is 5.89 Å². The van der Waals surface area contributed by atoms with E-state index in [1.165, 1.54) is 12.1 Å². The van der Waals surface area contributed by atoms with Crippen molar-refractivity contribution in [2.75, 3.05) is 6.61 Å². The van der Waals surface area contributed by atoms with Gasteiger partial charge in [-0.1, -0.05) is 15.9 Å². The second-order valence-corrected chi connectivity index (χ2v) is 4.43. The Bertz CT molecular complexity index is 602. The lowest BCUT2D eigenvalue weighted by atomic mass is 10.2. The van der Waals surface area contributed by atoms with Crippen LogP contribution in [0.25, 0.3) is 11.5 Å². The van der Waals surface area contributed by atoms with Gasteiger partial charge in [0.05, 0.1) is 5.56 Å². The molecule has 0 fully saturated rings. The van der Waals surface area contributed by atoms with Gasteiger partial charge in [-0.15, -0.1) is 10.2 Å². The van der Waals surface area contributed by atoms with Crippen LogP contribution in [-0.2, 0) is 16.1 Å². The van der Waals surface area contributed by atoms with Crippen molar-refractivity contribution in [1.29, 1.82) is 0 Å². The molecule has 100 valence electrons. The normalized spacial score (nSPS) is 10.6. The summed E-state index contributed by atoms with van der Waals surface area (Å²) in [4.78, 5) is 10.2. The van der Waals surface area contributed by atoms with Crippen LogP contribution in [0, 0.1) is 5.82 Å². The van der Waals surface area contributed by atoms with Crippen molar-refractivity contribution < 1.29 is 23.4 Å². The number of nitrogens with zero attached hydrogens (tertiary/aromatic N) is 2. The summed E-state index contributed by atoms with van der Waals surface area (Å²) in [6.45, 7) is -0.609. The number of rotatable bonds is 5. The van der Waals surface area contributed by atoms with E-state index in [9.17, 15) is 9.18 Å². The first-order valence-electron chi connectivity index (χ1n) is 5.13. The predicted octanol–water partition coefficient (Wildman–Crippen LogP) is 2.24. The van der Waals surface area contributed by atoms with Crippen molar-refractivity contribution in [2.45, 2.75) is 6.61 Å². The molecule has 0 aliphatic rings. The number of ether oxygens (including phenoxy) is 1. The van der Waals surface area contributed by atoms with Gasteiger partial charge >= 0.3 is 5.97 Å². The van der Waals surface area contributed by atoms with Crippen LogP contribution in [0.5, 0.6) is 0 Å². The van der Waals surface area contributed by atoms with E-state index >= 15 is 0 Å². The summed E-state index contributed by atoms with van der Waals surface area (Å²) in [6, 6.07) is 4.41. The van der Waals surface area contributed by atoms with Crippen LogP contribution in [-0.4, -0.2) is 27.9 Å². The molecular formula is C11H8BrFN2O4. The second-order valence-electron chi connectivity index (χ2n) is 3.51. The van der Waals surface area contributed by atoms with Crippen molar-refractivity contribution in [3.05, 3.63) is 34.4 Å². The van der Waals surface area contributed by atoms with Gasteiger partial charge in [0, 0.05) is 4.47 Å². The van der Waals surface area contributed by atoms with Gasteiger partial charge in [-0.2, -0.15) is 0 Å². The van der Waals surface area contributed by atoms with Crippen molar-refractivity contribution in [3.63, 3.8) is 0 Å². The summed E-state index contributed by atoms with van der Waals surface area (Å²) in [5.41, 5.74) is 0.167. The van der Waals surface area contributed by atoms with Crippen molar-refractivity contribution in [1.82, 2.24) is 10.2 Å². The molecule has 19 heavy (non-hydrogen) atoms. The molecule has 0 saturated carbocycles. The Morgan fingerprint density at radius 2 is 2.26 bits per heavy atom. The van der Waals surface area contributed by atoms with Gasteiger partial charge < -0.3 is 14.3 Å². The first-order chi connectivity index (χ1) is 9.06. The molecule has 0 unspecified atom stereocenters. The maximum Gasteiger partial charge on any atom is 0.329 e. The number of aromatic nitrogens is 2. The first kappa shape index (κ1) is 13.6. The van der Waals surface area contributed by atoms with E-state index in [0.717, 1.165) is 0 Å². The van der Waals surface area contributed by atoms with E-state index in [0.29, 0.717) is 4.47 Å². The summed E-state index contributed by atoms with van der Waals surface area (Å²) in [5.74, 6) is -1.51. The number of hydrogen-bond donors (Lipinski definition) is 1. The molecule has 1 aromatic carbocycles. The molecule has 0 aliphatic carbocycles. The molecule has 2 aromatic rings. The SMILES string of the molecule is O=C(O)COCc1nnc(-c2ccc(Br)cc2F)o1. The average Bonchev–Trinajstić information content (AvgIpc) is 2.77. The summed E-state index contributed by atoms with van der Waals surface area (Å²) < 4.78 is 24.2. The molecule has 1 aromatic heterocycles. The first-order valence-corrected chi connectivity index (χ1v) is 5.93. The topological polar surface area (TPSA) is 85.5 Å². The van der Waals surface area contributed by atoms with E-state index in [-0.39, 0.29) is 24.0 Å². The fraction of sp³-hybridized carbons (Fsp3) is 0.182. The number of benzene rings is 1. The summed E-state index contributed by atoms with van der Waals surface area (Å²) in [7, 11) is 0. The molecule has 1 heterocycles. The smallest absolute Gasteiger partial charge is 0.329 e. The maximum atomic E-state index is 13.6. The molecule has 0 atom stereocenters. The number of carboxylic acids is 1. The van der Waals surface area contributed by atoms with Crippen LogP contribution >= 0.6 is 15.9 Å². The molecule has 0 saturated heterocycles. The van der Waals surface area contributed by atoms with Crippen LogP contribution < -0.4 is 0 Å². The summed E-state index contributed by atoms with van der Waals surface area (Å²) >= 11 is 3.14. The minimum absolute atomic E-state index is 0.0129. The zero-order valence-corrected chi connectivity index (χ0v) is 11.1. The summed E-state index contributed by atoms with van der Waals surface area (Å²) in [6.07, 6.45) is 0. The quantitative estimate of drug-likeness (QED) is 0.904. The fourth-order valence-electron chi connectivity index (χ4n) is 1.31. The molecule has 1 N–H and O–H groups in total. The molecule has 0 amide bonds. The molecule has 8 heteroatoms. The molecule has 0 spiro atoms. The number of carbonyl (C=O) groups is 1. The highest BCUT2D eigenvalue weighted by Crippen LogP contribution is 2.24. The third-order valence-corrected chi connectivity index (χ3v) is 2.57. The molecule has 0 radical (unpaired) electrons. The van der Waals surface area contributed by atoms with E-state index in [1.807, 2.05) is 0 Å². The van der Waals surface area contributed by atoms with Crippen LogP contribution in [0.2, 0.25) is 0 Å². The lowest BCUT2D eigenvalue weighted by molar-refractivity contribution is -0.142. The van der Waals surface area contributed by atoms with Gasteiger partial charge in [0.1, 0.15) is 19.0 Å². The maximum absolute atomic E-state index is 13.6. The minimum Gasteiger partial charge on any atom is -0.480 e. The Labute approximate surface area is 115 Å². The highest BCUT2D eigenvalue weighted by molar-refractivity contribution is 9.10. The molecule has 6 nitrogen and oxygen atoms in total. The standard InChI is InChI=1S/C11H8BrFN2O4/c12-6-1-2-7(8(13)3-6)11-15-14-9(19-11)4-18-5-10(16)17/h1-3H,4-5H2,(H,16,17). The molecule has 2 rings (SSSR count). The Morgan fingerprint density at radius 3 is 2.95 bits per heavy atom. The Balaban J connectivity index is 2.10. The third kappa shape index (κ3) is 3.58. The van der Waals surface area contributed by atoms with Crippen molar-refractivity contribution in [2.24, 2.45) is 0 Å². The van der Waals surface area contributed by atoms with Gasteiger partial charge in [0.15, 0.2) is 0 Å². The Hall–Kier alpha value is -1.80. The molecule has 0 bridgehead atoms. The van der Waals surface area contributed by atoms with Crippen LogP contribution in [0.3, 0.4) is 0 Å². The predicted molar refractivity (Wildman–Crippen MR) is 64.7 cm³/mol. The van der Waals surface area contributed by atoms with Crippen LogP contribution in [0.15, 0.2) is 27.1 Å². The van der Waals surface area contributed by atoms with E-state index in [4.69, 9.17) is 14.3 Å². The largest absolute Gasteiger partial charge is 0.480 e. The molecule has 0 aliphatic heterocycles. The van der Waals surface area contributed by atoms with Crippen LogP contribution in [0.1, 0.15) is 5.89 Å². The Morgan fingerprint density at radius 1 is 1.47 bits per heavy atom. The third-order valence-electron chi connectivity index (χ3n) is 2.08. The van der Waals surface area contributed by atoms with E-state index in [2.05, 4.69) is 26.1 Å². The monoisotopic (exact) mass is 330 g/mol. The molecular weight excluding hydrogens is 323 g/mol. The average molecular weight is 331 g/mol. The highest BCUT2D eigenvalue weighted by atomic mass is 79.9. The second kappa shape index (κ2) is 5.89. The Kier molecular flexibility index (Phi) is 4.23. The zero-order chi connectivity index (χ0) is 13.8. The lowest BCUT2D eigenvalue weighted by Crippen LogP contribution is -2.06. The lowest BCUT2D eigenvalue weighted by Gasteiger charge is -1.98.